The van der Waals surface area contributed by atoms with Gasteiger partial charge in [0.15, 0.2) is 0 Å². The summed E-state index contributed by atoms with van der Waals surface area (Å²) in [6.07, 6.45) is 1.86. The minimum atomic E-state index is 0. The third-order valence-electron chi connectivity index (χ3n) is 3.78. The van der Waals surface area contributed by atoms with E-state index in [0.717, 1.165) is 56.5 Å². The maximum Gasteiger partial charge on any atom is 0.226 e. The average molecular weight is 384 g/mol. The fraction of sp³-hybridized carbons (Fsp3) is 0.786. The van der Waals surface area contributed by atoms with Crippen LogP contribution >= 0.6 is 36.3 Å². The molecule has 2 heterocycles. The first-order valence-corrected chi connectivity index (χ1v) is 8.44. The molecule has 0 aromatic carbocycles. The first kappa shape index (κ1) is 22.4. The zero-order valence-corrected chi connectivity index (χ0v) is 16.4. The van der Waals surface area contributed by atoms with Crippen LogP contribution in [0.5, 0.6) is 0 Å². The summed E-state index contributed by atoms with van der Waals surface area (Å²) in [5.74, 6) is 1.20. The monoisotopic (exact) mass is 383 g/mol. The van der Waals surface area contributed by atoms with Crippen LogP contribution in [0.15, 0.2) is 0 Å². The molecule has 6 nitrogen and oxygen atoms in total. The highest BCUT2D eigenvalue weighted by Crippen LogP contribution is 2.19. The van der Waals surface area contributed by atoms with Crippen molar-refractivity contribution < 1.29 is 4.79 Å². The van der Waals surface area contributed by atoms with Gasteiger partial charge in [0.1, 0.15) is 5.82 Å². The molecule has 0 radical (unpaired) electrons. The van der Waals surface area contributed by atoms with Gasteiger partial charge in [-0.2, -0.15) is 4.37 Å². The number of carbonyl (C=O) groups excluding carboxylic acids is 1. The van der Waals surface area contributed by atoms with Crippen LogP contribution in [0.1, 0.15) is 26.1 Å². The molecule has 23 heavy (non-hydrogen) atoms. The fourth-order valence-electron chi connectivity index (χ4n) is 2.55. The lowest BCUT2D eigenvalue weighted by atomic mass is 10.1. The van der Waals surface area contributed by atoms with E-state index in [4.69, 9.17) is 0 Å². The topological polar surface area (TPSA) is 61.4 Å². The highest BCUT2D eigenvalue weighted by molar-refractivity contribution is 7.09. The Morgan fingerprint density at radius 2 is 2.04 bits per heavy atom. The Hall–Kier alpha value is -0.630. The summed E-state index contributed by atoms with van der Waals surface area (Å²) >= 11 is 1.47. The molecule has 0 bridgehead atoms. The second kappa shape index (κ2) is 11.0. The molecule has 9 heteroatoms. The Balaban J connectivity index is 0.00000242. The van der Waals surface area contributed by atoms with Crippen LogP contribution < -0.4 is 10.2 Å². The van der Waals surface area contributed by atoms with E-state index in [9.17, 15) is 4.79 Å². The predicted molar refractivity (Wildman–Crippen MR) is 100 cm³/mol. The van der Waals surface area contributed by atoms with Gasteiger partial charge in [-0.1, -0.05) is 13.8 Å². The number of aryl methyl sites for hydroxylation is 1. The molecule has 1 saturated heterocycles. The maximum atomic E-state index is 12.4. The van der Waals surface area contributed by atoms with Gasteiger partial charge in [0.25, 0.3) is 0 Å². The Morgan fingerprint density at radius 3 is 2.65 bits per heavy atom. The number of aromatic nitrogens is 2. The largest absolute Gasteiger partial charge is 0.345 e. The number of amides is 1. The number of carbonyl (C=O) groups is 1. The SMILES string of the molecule is CCc1nsc(N2CCCN(C(=O)C(C)CNC)CC2)n1.Cl.Cl. The van der Waals surface area contributed by atoms with Crippen LogP contribution in [0, 0.1) is 5.92 Å². The zero-order valence-electron chi connectivity index (χ0n) is 13.9. The van der Waals surface area contributed by atoms with Gasteiger partial charge in [0.05, 0.1) is 0 Å². The van der Waals surface area contributed by atoms with Gasteiger partial charge in [0, 0.05) is 56.6 Å². The zero-order chi connectivity index (χ0) is 15.2. The second-order valence-electron chi connectivity index (χ2n) is 5.47. The first-order chi connectivity index (χ1) is 10.2. The van der Waals surface area contributed by atoms with Gasteiger partial charge >= 0.3 is 0 Å². The normalized spacial score (nSPS) is 16.1. The molecule has 1 N–H and O–H groups in total. The van der Waals surface area contributed by atoms with Crippen LogP contribution in [-0.2, 0) is 11.2 Å². The molecule has 0 saturated carbocycles. The van der Waals surface area contributed by atoms with E-state index in [1.165, 1.54) is 11.5 Å². The quantitative estimate of drug-likeness (QED) is 0.840. The van der Waals surface area contributed by atoms with E-state index in [-0.39, 0.29) is 36.6 Å². The van der Waals surface area contributed by atoms with Crippen molar-refractivity contribution in [1.82, 2.24) is 19.6 Å². The molecule has 1 aliphatic heterocycles. The molecule has 0 spiro atoms. The summed E-state index contributed by atoms with van der Waals surface area (Å²) in [5, 5.41) is 4.06. The summed E-state index contributed by atoms with van der Waals surface area (Å²) in [6, 6.07) is 0. The van der Waals surface area contributed by atoms with E-state index in [1.54, 1.807) is 0 Å². The van der Waals surface area contributed by atoms with Crippen molar-refractivity contribution in [2.24, 2.45) is 5.92 Å². The molecule has 1 atom stereocenters. The number of nitrogens with one attached hydrogen (secondary N) is 1. The van der Waals surface area contributed by atoms with Gasteiger partial charge < -0.3 is 15.1 Å². The maximum absolute atomic E-state index is 12.4. The summed E-state index contributed by atoms with van der Waals surface area (Å²) in [4.78, 5) is 21.2. The highest BCUT2D eigenvalue weighted by Gasteiger charge is 2.24. The lowest BCUT2D eigenvalue weighted by molar-refractivity contribution is -0.134. The molecule has 1 fully saturated rings. The van der Waals surface area contributed by atoms with Crippen molar-refractivity contribution in [3.63, 3.8) is 0 Å². The van der Waals surface area contributed by atoms with Crippen LogP contribution in [0.3, 0.4) is 0 Å². The number of rotatable bonds is 5. The Morgan fingerprint density at radius 1 is 1.30 bits per heavy atom. The van der Waals surface area contributed by atoms with Crippen molar-refractivity contribution in [2.45, 2.75) is 26.7 Å². The third kappa shape index (κ3) is 6.06. The molecular weight excluding hydrogens is 357 g/mol. The Labute approximate surface area is 155 Å². The summed E-state index contributed by atoms with van der Waals surface area (Å²) in [5.41, 5.74) is 0. The van der Waals surface area contributed by atoms with Crippen molar-refractivity contribution in [2.75, 3.05) is 44.7 Å². The number of nitrogens with zero attached hydrogens (tertiary/aromatic N) is 4. The number of hydrogen-bond acceptors (Lipinski definition) is 6. The molecule has 1 aromatic rings. The fourth-order valence-corrected chi connectivity index (χ4v) is 3.35. The van der Waals surface area contributed by atoms with Crippen LogP contribution in [0.25, 0.3) is 0 Å². The van der Waals surface area contributed by atoms with E-state index in [0.29, 0.717) is 0 Å². The van der Waals surface area contributed by atoms with Crippen molar-refractivity contribution in [3.05, 3.63) is 5.82 Å². The van der Waals surface area contributed by atoms with Gasteiger partial charge in [-0.25, -0.2) is 4.98 Å². The number of anilines is 1. The van der Waals surface area contributed by atoms with E-state index < -0.39 is 0 Å². The lowest BCUT2D eigenvalue weighted by Crippen LogP contribution is -2.40. The molecule has 1 aliphatic rings. The molecule has 1 amide bonds. The summed E-state index contributed by atoms with van der Waals surface area (Å²) in [7, 11) is 1.88. The minimum absolute atomic E-state index is 0. The Bertz CT molecular complexity index is 474. The van der Waals surface area contributed by atoms with Crippen molar-refractivity contribution in [1.29, 1.82) is 0 Å². The van der Waals surface area contributed by atoms with Crippen molar-refractivity contribution in [3.8, 4) is 0 Å². The average Bonchev–Trinajstić information content (AvgIpc) is 2.84. The molecule has 2 rings (SSSR count). The van der Waals surface area contributed by atoms with Gasteiger partial charge in [-0.3, -0.25) is 4.79 Å². The summed E-state index contributed by atoms with van der Waals surface area (Å²) in [6.45, 7) is 8.18. The summed E-state index contributed by atoms with van der Waals surface area (Å²) < 4.78 is 4.35. The van der Waals surface area contributed by atoms with Crippen molar-refractivity contribution >= 4 is 47.4 Å². The standard InChI is InChI=1S/C14H25N5OS.2ClH/c1-4-12-16-14(21-17-12)19-7-5-6-18(8-9-19)13(20)11(2)10-15-3;;/h11,15H,4-10H2,1-3H3;2*1H. The molecular formula is C14H27Cl2N5OS. The molecule has 1 unspecified atom stereocenters. The molecule has 134 valence electrons. The lowest BCUT2D eigenvalue weighted by Gasteiger charge is -2.24. The van der Waals surface area contributed by atoms with Gasteiger partial charge in [0.2, 0.25) is 11.0 Å². The first-order valence-electron chi connectivity index (χ1n) is 7.66. The number of hydrogen-bond donors (Lipinski definition) is 1. The van der Waals surface area contributed by atoms with E-state index >= 15 is 0 Å². The van der Waals surface area contributed by atoms with Gasteiger partial charge in [-0.15, -0.1) is 24.8 Å². The van der Waals surface area contributed by atoms with E-state index in [2.05, 4.69) is 26.5 Å². The van der Waals surface area contributed by atoms with Gasteiger partial charge in [-0.05, 0) is 13.5 Å². The molecule has 0 aliphatic carbocycles. The number of halogens is 2. The smallest absolute Gasteiger partial charge is 0.226 e. The molecule has 1 aromatic heterocycles. The van der Waals surface area contributed by atoms with Crippen LogP contribution in [-0.4, -0.2) is 59.9 Å². The Kier molecular flexibility index (Phi) is 10.7. The second-order valence-corrected chi connectivity index (χ2v) is 6.20. The highest BCUT2D eigenvalue weighted by atomic mass is 35.5. The predicted octanol–water partition coefficient (Wildman–Crippen LogP) is 1.84. The van der Waals surface area contributed by atoms with Crippen LogP contribution in [0.4, 0.5) is 5.13 Å². The minimum Gasteiger partial charge on any atom is -0.345 e. The van der Waals surface area contributed by atoms with Crippen LogP contribution in [0.2, 0.25) is 0 Å². The third-order valence-corrected chi connectivity index (χ3v) is 4.60. The van der Waals surface area contributed by atoms with E-state index in [1.807, 2.05) is 18.9 Å².